The molecule has 0 amide bonds. The van der Waals surface area contributed by atoms with Crippen molar-refractivity contribution in [3.63, 3.8) is 0 Å². The van der Waals surface area contributed by atoms with Gasteiger partial charge in [0.1, 0.15) is 22.5 Å². The number of non-ortho nitro benzene ring substituents is 2. The number of halogens is 1. The fourth-order valence-electron chi connectivity index (χ4n) is 4.65. The summed E-state index contributed by atoms with van der Waals surface area (Å²) in [6.45, 7) is -0.466. The van der Waals surface area contributed by atoms with Crippen LogP contribution in [0.5, 0.6) is 11.5 Å². The number of nitro benzene ring substituents is 2. The average Bonchev–Trinajstić information content (AvgIpc) is 3.18. The summed E-state index contributed by atoms with van der Waals surface area (Å²) < 4.78 is 15.4. The molecule has 16 nitrogen and oxygen atoms in total. The number of hydrogen-bond donors (Lipinski definition) is 3. The van der Waals surface area contributed by atoms with Crippen LogP contribution in [0.2, 0.25) is 0 Å². The third kappa shape index (κ3) is 10.4. The molecule has 2 atom stereocenters. The first-order valence-electron chi connectivity index (χ1n) is 15.2. The highest BCUT2D eigenvalue weighted by molar-refractivity contribution is 6.17. The van der Waals surface area contributed by atoms with E-state index in [2.05, 4.69) is 9.97 Å². The Morgan fingerprint density at radius 1 is 0.660 bits per heavy atom. The molecule has 17 heteroatoms. The normalized spacial score (nSPS) is 11.5. The number of nitrogens with zero attached hydrogens (tertiary/aromatic N) is 4. The number of fused-ring (bicyclic) bond motifs is 2. The predicted octanol–water partition coefficient (Wildman–Crippen LogP) is 6.28. The molecule has 0 saturated carbocycles. The van der Waals surface area contributed by atoms with Crippen LogP contribution in [-0.4, -0.2) is 59.9 Å². The molecule has 0 bridgehead atoms. The van der Waals surface area contributed by atoms with Crippen molar-refractivity contribution >= 4 is 56.7 Å². The van der Waals surface area contributed by atoms with Crippen LogP contribution in [0, 0.1) is 20.2 Å². The van der Waals surface area contributed by atoms with Gasteiger partial charge in [0.15, 0.2) is 18.3 Å². The number of ether oxygens (including phenoxy) is 3. The van der Waals surface area contributed by atoms with E-state index in [1.807, 2.05) is 0 Å². The van der Waals surface area contributed by atoms with Crippen molar-refractivity contribution in [2.75, 3.05) is 12.9 Å². The van der Waals surface area contributed by atoms with Gasteiger partial charge in [-0.2, -0.15) is 0 Å². The fraction of sp³-hybridized carbons (Fsp3) is 0.111. The molecule has 0 fully saturated rings. The van der Waals surface area contributed by atoms with E-state index in [0.717, 1.165) is 0 Å². The van der Waals surface area contributed by atoms with Crippen molar-refractivity contribution in [2.45, 2.75) is 12.2 Å². The molecule has 2 heterocycles. The van der Waals surface area contributed by atoms with Crippen LogP contribution in [0.15, 0.2) is 122 Å². The second-order valence-corrected chi connectivity index (χ2v) is 10.6. The van der Waals surface area contributed by atoms with Gasteiger partial charge in [-0.15, -0.1) is 0 Å². The maximum absolute atomic E-state index is 11.9. The minimum Gasteiger partial charge on any atom is -0.479 e. The number of carboxylic acids is 1. The highest BCUT2D eigenvalue weighted by atomic mass is 35.5. The van der Waals surface area contributed by atoms with Gasteiger partial charge in [-0.3, -0.25) is 30.2 Å². The fourth-order valence-corrected chi connectivity index (χ4v) is 4.77. The van der Waals surface area contributed by atoms with Crippen LogP contribution < -0.4 is 9.47 Å². The summed E-state index contributed by atoms with van der Waals surface area (Å²) in [7, 11) is 0. The van der Waals surface area contributed by atoms with E-state index < -0.39 is 40.8 Å². The van der Waals surface area contributed by atoms with Crippen molar-refractivity contribution < 1.29 is 49.0 Å². The van der Waals surface area contributed by atoms with Gasteiger partial charge in [-0.05, 0) is 47.5 Å². The van der Waals surface area contributed by atoms with Crippen LogP contribution in [0.1, 0.15) is 23.3 Å². The highest BCUT2D eigenvalue weighted by Gasteiger charge is 2.20. The van der Waals surface area contributed by atoms with E-state index in [0.29, 0.717) is 33.2 Å². The van der Waals surface area contributed by atoms with Gasteiger partial charge in [-0.25, -0.2) is 9.59 Å². The lowest BCUT2D eigenvalue weighted by Crippen LogP contribution is -2.18. The Morgan fingerprint density at radius 2 is 1.11 bits per heavy atom. The molecule has 0 spiro atoms. The molecule has 53 heavy (non-hydrogen) atoms. The zero-order valence-electron chi connectivity index (χ0n) is 27.3. The number of aromatic nitrogens is 2. The zero-order valence-corrected chi connectivity index (χ0v) is 28.1. The molecule has 0 aliphatic heterocycles. The van der Waals surface area contributed by atoms with Gasteiger partial charge < -0.3 is 29.5 Å². The summed E-state index contributed by atoms with van der Waals surface area (Å²) in [4.78, 5) is 51.2. The van der Waals surface area contributed by atoms with E-state index in [1.165, 1.54) is 30.5 Å². The molecule has 2 aromatic heterocycles. The van der Waals surface area contributed by atoms with Gasteiger partial charge >= 0.3 is 11.9 Å². The minimum atomic E-state index is -1.42. The van der Waals surface area contributed by atoms with Crippen molar-refractivity contribution in [1.82, 2.24) is 9.97 Å². The Balaban J connectivity index is 0.000000197. The molecule has 3 N–H and O–H groups in total. The maximum atomic E-state index is 11.9. The summed E-state index contributed by atoms with van der Waals surface area (Å²) in [6.07, 6.45) is 0.194. The largest absolute Gasteiger partial charge is 0.479 e. The number of nitro groups is 2. The first-order chi connectivity index (χ1) is 25.5. The number of carbonyl (C=O) groups excluding carboxylic acids is 1. The summed E-state index contributed by atoms with van der Waals surface area (Å²) in [5, 5.41) is 49.9. The standard InChI is InChI=1S/C18H14N2O6.C10H7ClN2O3.C8H8O3/c21-17(12-5-2-1-3-6-12)18(22)26-11-25-15-9-8-14(20(23)24)13-7-4-10-19-16(13)15;11-6-16-9-4-3-8(13(14)15)7-2-1-5-12-10(7)9;9-7(8(10)11)6-4-2-1-3-5-6/h1-10,17,21H,11H2;1-5H,6H2;1-5,7,9H,(H,10,11)/t17-;;7-/m1.0/s1. The van der Waals surface area contributed by atoms with Gasteiger partial charge in [-0.1, -0.05) is 72.3 Å². The SMILES string of the molecule is O=C(O)[C@@H](O)c1ccccc1.O=C(OCOc1ccc([N+](=O)[O-])c2cccnc12)[C@H](O)c1ccccc1.O=[N+]([O-])c1ccc(OCCl)c2ncccc12. The molecule has 0 saturated heterocycles. The summed E-state index contributed by atoms with van der Waals surface area (Å²) >= 11 is 5.45. The van der Waals surface area contributed by atoms with Crippen LogP contribution in [0.3, 0.4) is 0 Å². The van der Waals surface area contributed by atoms with Gasteiger partial charge in [0.25, 0.3) is 11.4 Å². The van der Waals surface area contributed by atoms with Crippen molar-refractivity contribution in [3.05, 3.63) is 153 Å². The lowest BCUT2D eigenvalue weighted by Gasteiger charge is -2.12. The third-order valence-electron chi connectivity index (χ3n) is 7.13. The van der Waals surface area contributed by atoms with Crippen LogP contribution >= 0.6 is 11.6 Å². The number of rotatable bonds is 11. The van der Waals surface area contributed by atoms with Crippen LogP contribution in [0.4, 0.5) is 11.4 Å². The van der Waals surface area contributed by atoms with Crippen LogP contribution in [-0.2, 0) is 14.3 Å². The van der Waals surface area contributed by atoms with E-state index in [9.17, 15) is 34.9 Å². The first-order valence-corrected chi connectivity index (χ1v) is 15.8. The number of hydrogen-bond acceptors (Lipinski definition) is 13. The number of aliphatic hydroxyl groups is 2. The number of alkyl halides is 1. The molecule has 0 radical (unpaired) electrons. The lowest BCUT2D eigenvalue weighted by molar-refractivity contribution is -0.383. The average molecular weight is 745 g/mol. The van der Waals surface area contributed by atoms with Crippen molar-refractivity contribution in [2.24, 2.45) is 0 Å². The molecule has 6 aromatic rings. The summed E-state index contributed by atoms with van der Waals surface area (Å²) in [5.41, 5.74) is 1.43. The van der Waals surface area contributed by atoms with E-state index in [-0.39, 0.29) is 28.7 Å². The number of pyridine rings is 2. The highest BCUT2D eigenvalue weighted by Crippen LogP contribution is 2.32. The Bertz CT molecular complexity index is 2190. The molecule has 0 aliphatic rings. The summed E-state index contributed by atoms with van der Waals surface area (Å²) in [5.74, 6) is -1.42. The second-order valence-electron chi connectivity index (χ2n) is 10.4. The first kappa shape index (κ1) is 39.0. The Hall–Kier alpha value is -6.75. The number of esters is 1. The maximum Gasteiger partial charge on any atom is 0.342 e. The summed E-state index contributed by atoms with van der Waals surface area (Å²) in [6, 6.07) is 28.5. The third-order valence-corrected chi connectivity index (χ3v) is 7.24. The lowest BCUT2D eigenvalue weighted by atomic mass is 10.1. The van der Waals surface area contributed by atoms with Gasteiger partial charge in [0.05, 0.1) is 20.6 Å². The molecule has 6 rings (SSSR count). The number of aliphatic carboxylic acids is 1. The molecule has 0 unspecified atom stereocenters. The smallest absolute Gasteiger partial charge is 0.342 e. The van der Waals surface area contributed by atoms with E-state index >= 15 is 0 Å². The molecule has 4 aromatic carbocycles. The van der Waals surface area contributed by atoms with Gasteiger partial charge in [0, 0.05) is 24.5 Å². The molecule has 272 valence electrons. The number of benzene rings is 4. The van der Waals surface area contributed by atoms with Gasteiger partial charge in [0.2, 0.25) is 6.79 Å². The van der Waals surface area contributed by atoms with Crippen molar-refractivity contribution in [1.29, 1.82) is 0 Å². The second kappa shape index (κ2) is 19.0. The number of aliphatic hydroxyl groups excluding tert-OH is 2. The number of carboxylic acid groups (broad SMARTS) is 1. The Kier molecular flexibility index (Phi) is 14.0. The molecule has 0 aliphatic carbocycles. The quantitative estimate of drug-likeness (QED) is 0.0435. The van der Waals surface area contributed by atoms with E-state index in [4.69, 9.17) is 36.0 Å². The zero-order chi connectivity index (χ0) is 38.3. The number of carbonyl (C=O) groups is 2. The topological polar surface area (TPSA) is 235 Å². The molecular weight excluding hydrogens is 716 g/mol. The Morgan fingerprint density at radius 3 is 1.55 bits per heavy atom. The Labute approximate surface area is 304 Å². The monoisotopic (exact) mass is 744 g/mol. The van der Waals surface area contributed by atoms with E-state index in [1.54, 1.807) is 91.1 Å². The molecular formula is C36H29ClN4O12. The van der Waals surface area contributed by atoms with Crippen LogP contribution in [0.25, 0.3) is 21.8 Å². The minimum absolute atomic E-state index is 0.00465. The predicted molar refractivity (Wildman–Crippen MR) is 190 cm³/mol. The van der Waals surface area contributed by atoms with Crippen molar-refractivity contribution in [3.8, 4) is 11.5 Å².